The average Bonchev–Trinajstić information content (AvgIpc) is 2.72. The second-order valence-corrected chi connectivity index (χ2v) is 8.92. The number of nitrogens with zero attached hydrogens (tertiary/aromatic N) is 2. The highest BCUT2D eigenvalue weighted by Gasteiger charge is 2.36. The number of quaternary nitrogens is 1. The summed E-state index contributed by atoms with van der Waals surface area (Å²) in [5, 5.41) is 12.5. The number of hydrogen-bond donors (Lipinski definition) is 1. The largest absolute Gasteiger partial charge is 0.550 e. The lowest BCUT2D eigenvalue weighted by molar-refractivity contribution is -0.978. The lowest BCUT2D eigenvalue weighted by Gasteiger charge is -2.42. The van der Waals surface area contributed by atoms with Gasteiger partial charge in [-0.2, -0.15) is 5.01 Å². The summed E-state index contributed by atoms with van der Waals surface area (Å²) >= 11 is 0. The Balaban J connectivity index is 2.40. The first-order valence-electron chi connectivity index (χ1n) is 11.4. The zero-order valence-electron chi connectivity index (χ0n) is 19.7. The molecule has 0 saturated heterocycles. The van der Waals surface area contributed by atoms with E-state index in [1.54, 1.807) is 0 Å². The predicted octanol–water partition coefficient (Wildman–Crippen LogP) is 2.49. The number of hydrogen-bond acceptors (Lipinski definition) is 5. The molecular formula is C24H41N3O4. The maximum atomic E-state index is 13.0. The zero-order valence-corrected chi connectivity index (χ0v) is 19.7. The van der Waals surface area contributed by atoms with Crippen LogP contribution in [0.1, 0.15) is 64.7 Å². The fraction of sp³-hybridized carbons (Fsp3) is 0.667. The Bertz CT molecular complexity index is 646. The molecule has 1 amide bonds. The van der Waals surface area contributed by atoms with Crippen LogP contribution in [-0.4, -0.2) is 61.3 Å². The van der Waals surface area contributed by atoms with Gasteiger partial charge in [0.15, 0.2) is 0 Å². The molecule has 31 heavy (non-hydrogen) atoms. The van der Waals surface area contributed by atoms with E-state index >= 15 is 0 Å². The van der Waals surface area contributed by atoms with E-state index in [1.165, 1.54) is 0 Å². The number of amides is 1. The first kappa shape index (κ1) is 26.9. The van der Waals surface area contributed by atoms with Crippen molar-refractivity contribution in [3.8, 4) is 5.75 Å². The van der Waals surface area contributed by atoms with Crippen LogP contribution in [0.2, 0.25) is 0 Å². The lowest BCUT2D eigenvalue weighted by Crippen LogP contribution is -2.62. The van der Waals surface area contributed by atoms with Crippen LogP contribution in [0, 0.1) is 0 Å². The van der Waals surface area contributed by atoms with Gasteiger partial charge in [0.2, 0.25) is 0 Å². The predicted molar refractivity (Wildman–Crippen MR) is 121 cm³/mol. The Labute approximate surface area is 187 Å². The fourth-order valence-electron chi connectivity index (χ4n) is 3.75. The molecule has 2 unspecified atom stereocenters. The van der Waals surface area contributed by atoms with Gasteiger partial charge in [-0.1, -0.05) is 50.8 Å². The van der Waals surface area contributed by atoms with E-state index in [2.05, 4.69) is 6.92 Å². The summed E-state index contributed by atoms with van der Waals surface area (Å²) in [6.45, 7) is 2.81. The van der Waals surface area contributed by atoms with Gasteiger partial charge >= 0.3 is 0 Å². The minimum Gasteiger partial charge on any atom is -0.550 e. The number of carboxylic acid groups (broad SMARTS) is 1. The number of ether oxygens (including phenoxy) is 1. The third-order valence-corrected chi connectivity index (χ3v) is 5.36. The highest BCUT2D eigenvalue weighted by atomic mass is 16.5. The molecule has 1 rings (SSSR count). The summed E-state index contributed by atoms with van der Waals surface area (Å²) in [5.74, 6) is -0.462. The molecular weight excluding hydrogens is 394 g/mol. The minimum absolute atomic E-state index is 0.0721. The SMILES string of the molecule is CCC(CCCCCCCOc1ccccc1)N(C(=O)C(N)CCC(=O)[O-])[N+](C)(C)C. The Hall–Kier alpha value is -2.12. The van der Waals surface area contributed by atoms with Gasteiger partial charge in [0.1, 0.15) is 5.75 Å². The van der Waals surface area contributed by atoms with Crippen molar-refractivity contribution < 1.29 is 24.0 Å². The highest BCUT2D eigenvalue weighted by Crippen LogP contribution is 2.20. The van der Waals surface area contributed by atoms with Gasteiger partial charge in [0.05, 0.1) is 39.8 Å². The van der Waals surface area contributed by atoms with Gasteiger partial charge in [-0.15, -0.1) is 0 Å². The maximum absolute atomic E-state index is 13.0. The van der Waals surface area contributed by atoms with Gasteiger partial charge < -0.3 is 20.4 Å². The number of rotatable bonds is 16. The summed E-state index contributed by atoms with van der Waals surface area (Å²) in [6, 6.07) is 9.11. The van der Waals surface area contributed by atoms with Crippen molar-refractivity contribution >= 4 is 11.9 Å². The molecule has 0 aliphatic rings. The molecule has 0 heterocycles. The Morgan fingerprint density at radius 2 is 1.65 bits per heavy atom. The van der Waals surface area contributed by atoms with Crippen LogP contribution in [0.4, 0.5) is 0 Å². The van der Waals surface area contributed by atoms with Crippen LogP contribution in [0.3, 0.4) is 0 Å². The molecule has 1 aromatic carbocycles. The molecule has 7 heteroatoms. The van der Waals surface area contributed by atoms with E-state index in [0.29, 0.717) is 4.59 Å². The number of benzene rings is 1. The van der Waals surface area contributed by atoms with Crippen LogP contribution in [-0.2, 0) is 9.59 Å². The molecule has 0 aliphatic heterocycles. The number of unbranched alkanes of at least 4 members (excludes halogenated alkanes) is 4. The van der Waals surface area contributed by atoms with Gasteiger partial charge in [0, 0.05) is 5.97 Å². The summed E-state index contributed by atoms with van der Waals surface area (Å²) in [7, 11) is 5.83. The molecule has 2 N–H and O–H groups in total. The van der Waals surface area contributed by atoms with E-state index < -0.39 is 12.0 Å². The van der Waals surface area contributed by atoms with Crippen LogP contribution in [0.5, 0.6) is 5.75 Å². The summed E-state index contributed by atoms with van der Waals surface area (Å²) < 4.78 is 6.06. The van der Waals surface area contributed by atoms with Crippen molar-refractivity contribution in [1.82, 2.24) is 5.01 Å². The molecule has 1 aromatic rings. The van der Waals surface area contributed by atoms with E-state index in [9.17, 15) is 14.7 Å². The number of nitrogens with two attached hydrogens (primary N) is 1. The topological polar surface area (TPSA) is 95.7 Å². The summed E-state index contributed by atoms with van der Waals surface area (Å²) in [4.78, 5) is 23.7. The van der Waals surface area contributed by atoms with Crippen LogP contribution >= 0.6 is 0 Å². The zero-order chi connectivity index (χ0) is 23.3. The molecule has 176 valence electrons. The van der Waals surface area contributed by atoms with Gasteiger partial charge in [-0.3, -0.25) is 4.79 Å². The third-order valence-electron chi connectivity index (χ3n) is 5.36. The van der Waals surface area contributed by atoms with Crippen molar-refractivity contribution in [1.29, 1.82) is 0 Å². The number of aliphatic carboxylic acids is 1. The van der Waals surface area contributed by atoms with Crippen molar-refractivity contribution in [2.75, 3.05) is 27.7 Å². The van der Waals surface area contributed by atoms with Crippen LogP contribution < -0.4 is 15.6 Å². The quantitative estimate of drug-likeness (QED) is 0.244. The van der Waals surface area contributed by atoms with E-state index in [4.69, 9.17) is 10.5 Å². The summed E-state index contributed by atoms with van der Waals surface area (Å²) in [5.41, 5.74) is 6.02. The van der Waals surface area contributed by atoms with Crippen molar-refractivity contribution in [3.05, 3.63) is 30.3 Å². The first-order chi connectivity index (χ1) is 14.7. The average molecular weight is 436 g/mol. The number of para-hydroxylation sites is 1. The Morgan fingerprint density at radius 3 is 2.23 bits per heavy atom. The Morgan fingerprint density at radius 1 is 1.03 bits per heavy atom. The fourth-order valence-corrected chi connectivity index (χ4v) is 3.75. The van der Waals surface area contributed by atoms with Crippen molar-refractivity contribution in [3.63, 3.8) is 0 Å². The molecule has 0 bridgehead atoms. The smallest absolute Gasteiger partial charge is 0.284 e. The third kappa shape index (κ3) is 10.6. The van der Waals surface area contributed by atoms with E-state index in [1.807, 2.05) is 56.5 Å². The molecule has 0 radical (unpaired) electrons. The molecule has 7 nitrogen and oxygen atoms in total. The van der Waals surface area contributed by atoms with Crippen molar-refractivity contribution in [2.45, 2.75) is 76.8 Å². The first-order valence-corrected chi connectivity index (χ1v) is 11.4. The number of carboxylic acids is 1. The second kappa shape index (κ2) is 14.0. The second-order valence-electron chi connectivity index (χ2n) is 8.92. The number of carbonyl (C=O) groups excluding carboxylic acids is 2. The molecule has 0 spiro atoms. The lowest BCUT2D eigenvalue weighted by atomic mass is 10.0. The normalized spacial score (nSPS) is 13.5. The van der Waals surface area contributed by atoms with Gasteiger partial charge in [-0.05, 0) is 44.2 Å². The van der Waals surface area contributed by atoms with E-state index in [0.717, 1.165) is 57.3 Å². The summed E-state index contributed by atoms with van der Waals surface area (Å²) in [6.07, 6.45) is 7.07. The van der Waals surface area contributed by atoms with E-state index in [-0.39, 0.29) is 24.8 Å². The van der Waals surface area contributed by atoms with Crippen LogP contribution in [0.25, 0.3) is 0 Å². The number of carbonyl (C=O) groups is 2. The van der Waals surface area contributed by atoms with Gasteiger partial charge in [-0.25, -0.2) is 4.59 Å². The minimum atomic E-state index is -1.18. The van der Waals surface area contributed by atoms with Crippen LogP contribution in [0.15, 0.2) is 30.3 Å². The highest BCUT2D eigenvalue weighted by molar-refractivity contribution is 5.81. The monoisotopic (exact) mass is 435 g/mol. The molecule has 0 aromatic heterocycles. The molecule has 2 atom stereocenters. The molecule has 0 saturated carbocycles. The maximum Gasteiger partial charge on any atom is 0.284 e. The van der Waals surface area contributed by atoms with Crippen molar-refractivity contribution in [2.24, 2.45) is 5.73 Å². The molecule has 0 aliphatic carbocycles. The molecule has 0 fully saturated rings. The van der Waals surface area contributed by atoms with Gasteiger partial charge in [0.25, 0.3) is 5.91 Å². The standard InChI is InChI=1S/C24H41N3O4/c1-5-20(26(27(2,3)4)24(30)22(25)17-18-23(28)29)14-10-7-6-8-13-19-31-21-15-11-9-12-16-21/h9,11-12,15-16,20,22H,5-8,10,13-14,17-19,25H2,1-4H3. The Kier molecular flexibility index (Phi) is 12.2.